The number of thiophene rings is 1. The molecule has 0 unspecified atom stereocenters. The van der Waals surface area contributed by atoms with Gasteiger partial charge in [0, 0.05) is 10.3 Å². The zero-order valence-corrected chi connectivity index (χ0v) is 13.8. The van der Waals surface area contributed by atoms with Gasteiger partial charge in [-0.2, -0.15) is 0 Å². The van der Waals surface area contributed by atoms with Gasteiger partial charge in [-0.15, -0.1) is 11.3 Å². The molecule has 1 aliphatic rings. The molecule has 0 radical (unpaired) electrons. The van der Waals surface area contributed by atoms with Crippen LogP contribution in [-0.2, 0) is 12.8 Å². The number of nitrogens with one attached hydrogen (secondary N) is 1. The molecule has 0 saturated carbocycles. The van der Waals surface area contributed by atoms with E-state index in [1.807, 2.05) is 0 Å². The molecule has 3 rings (SSSR count). The SMILES string of the molecule is [K+].[O-]c1[nH]c(=S)nc2sc3c(c12)CCCC3. The third-order valence-corrected chi connectivity index (χ3v) is 4.18. The third-order valence-electron chi connectivity index (χ3n) is 2.80. The summed E-state index contributed by atoms with van der Waals surface area (Å²) >= 11 is 6.54. The molecule has 0 fully saturated rings. The van der Waals surface area contributed by atoms with E-state index < -0.39 is 0 Å². The fraction of sp³-hybridized carbons (Fsp3) is 0.400. The standard InChI is InChI=1S/C10H10N2OS2.K/c13-8-7-5-3-1-2-4-6(5)15-9(7)12-10(14)11-8;/h1-4H2,(H2,11,12,13,14);/q;+1/p-1. The quantitative estimate of drug-likeness (QED) is 0.512. The van der Waals surface area contributed by atoms with Gasteiger partial charge in [0.05, 0.1) is 0 Å². The van der Waals surface area contributed by atoms with Gasteiger partial charge in [0.2, 0.25) is 0 Å². The molecule has 16 heavy (non-hydrogen) atoms. The summed E-state index contributed by atoms with van der Waals surface area (Å²) in [6.07, 6.45) is 4.49. The van der Waals surface area contributed by atoms with E-state index in [0.717, 1.165) is 23.1 Å². The van der Waals surface area contributed by atoms with Crippen LogP contribution in [0.5, 0.6) is 5.88 Å². The van der Waals surface area contributed by atoms with Crippen LogP contribution >= 0.6 is 23.6 Å². The van der Waals surface area contributed by atoms with Gasteiger partial charge in [0.15, 0.2) is 4.77 Å². The van der Waals surface area contributed by atoms with Crippen LogP contribution in [0, 0.1) is 4.77 Å². The second kappa shape index (κ2) is 5.13. The van der Waals surface area contributed by atoms with Gasteiger partial charge in [-0.25, -0.2) is 4.98 Å². The maximum Gasteiger partial charge on any atom is 1.00 e. The van der Waals surface area contributed by atoms with Gasteiger partial charge in [0.1, 0.15) is 4.83 Å². The molecule has 0 spiro atoms. The number of hydrogen-bond donors (Lipinski definition) is 1. The van der Waals surface area contributed by atoms with E-state index in [-0.39, 0.29) is 57.3 Å². The number of hydrogen-bond acceptors (Lipinski definition) is 4. The zero-order valence-electron chi connectivity index (χ0n) is 9.00. The Labute approximate surface area is 145 Å². The number of rotatable bonds is 0. The topological polar surface area (TPSA) is 51.7 Å². The summed E-state index contributed by atoms with van der Waals surface area (Å²) in [6.45, 7) is 0. The van der Waals surface area contributed by atoms with Gasteiger partial charge in [-0.05, 0) is 49.3 Å². The minimum absolute atomic E-state index is 0. The average Bonchev–Trinajstić information content (AvgIpc) is 2.54. The molecule has 0 bridgehead atoms. The van der Waals surface area contributed by atoms with Crippen molar-refractivity contribution in [1.29, 1.82) is 0 Å². The molecule has 78 valence electrons. The number of fused-ring (bicyclic) bond motifs is 3. The molecule has 1 N–H and O–H groups in total. The molecule has 1 aliphatic carbocycles. The van der Waals surface area contributed by atoms with Crippen molar-refractivity contribution < 1.29 is 56.5 Å². The summed E-state index contributed by atoms with van der Waals surface area (Å²) in [7, 11) is 0. The Kier molecular flexibility index (Phi) is 4.22. The number of H-pyrrole nitrogens is 1. The van der Waals surface area contributed by atoms with Crippen molar-refractivity contribution in [1.82, 2.24) is 9.97 Å². The van der Waals surface area contributed by atoms with Gasteiger partial charge in [0.25, 0.3) is 0 Å². The van der Waals surface area contributed by atoms with Crippen molar-refractivity contribution in [3.63, 3.8) is 0 Å². The molecule has 0 atom stereocenters. The van der Waals surface area contributed by atoms with Crippen molar-refractivity contribution >= 4 is 33.8 Å². The molecule has 0 saturated heterocycles. The predicted molar refractivity (Wildman–Crippen MR) is 60.9 cm³/mol. The summed E-state index contributed by atoms with van der Waals surface area (Å²) in [5, 5.41) is 12.6. The Morgan fingerprint density at radius 2 is 2.06 bits per heavy atom. The monoisotopic (exact) mass is 276 g/mol. The summed E-state index contributed by atoms with van der Waals surface area (Å²) < 4.78 is 0.297. The molecule has 6 heteroatoms. The smallest absolute Gasteiger partial charge is 0.860 e. The Morgan fingerprint density at radius 1 is 1.31 bits per heavy atom. The van der Waals surface area contributed by atoms with Gasteiger partial charge >= 0.3 is 51.4 Å². The first-order valence-corrected chi connectivity index (χ1v) is 6.20. The van der Waals surface area contributed by atoms with Crippen molar-refractivity contribution in [2.75, 3.05) is 0 Å². The molecule has 2 aromatic rings. The fourth-order valence-electron chi connectivity index (χ4n) is 2.14. The summed E-state index contributed by atoms with van der Waals surface area (Å²) in [6, 6.07) is 0. The molecule has 0 aliphatic heterocycles. The second-order valence-electron chi connectivity index (χ2n) is 3.76. The first kappa shape index (κ1) is 13.1. The molecule has 0 aromatic carbocycles. The Bertz CT molecular complexity index is 590. The van der Waals surface area contributed by atoms with Crippen molar-refractivity contribution in [2.45, 2.75) is 25.7 Å². The van der Waals surface area contributed by atoms with Crippen molar-refractivity contribution in [3.8, 4) is 5.88 Å². The van der Waals surface area contributed by atoms with Crippen LogP contribution < -0.4 is 56.5 Å². The van der Waals surface area contributed by atoms with Crippen LogP contribution in [-0.4, -0.2) is 9.97 Å². The van der Waals surface area contributed by atoms with Gasteiger partial charge in [-0.3, -0.25) is 0 Å². The van der Waals surface area contributed by atoms with Crippen LogP contribution in [0.4, 0.5) is 0 Å². The first-order valence-electron chi connectivity index (χ1n) is 4.97. The van der Waals surface area contributed by atoms with E-state index in [9.17, 15) is 5.11 Å². The van der Waals surface area contributed by atoms with Crippen LogP contribution in [0.2, 0.25) is 0 Å². The summed E-state index contributed by atoms with van der Waals surface area (Å²) in [4.78, 5) is 8.97. The third kappa shape index (κ3) is 2.16. The van der Waals surface area contributed by atoms with Gasteiger partial charge in [-0.1, -0.05) is 0 Å². The molecule has 2 aromatic heterocycles. The second-order valence-corrected chi connectivity index (χ2v) is 5.23. The largest absolute Gasteiger partial charge is 1.00 e. The van der Waals surface area contributed by atoms with Crippen LogP contribution in [0.3, 0.4) is 0 Å². The van der Waals surface area contributed by atoms with E-state index in [2.05, 4.69) is 9.97 Å². The first-order chi connectivity index (χ1) is 7.25. The molecule has 0 amide bonds. The number of aromatic amines is 1. The number of aromatic nitrogens is 2. The maximum atomic E-state index is 11.8. The maximum absolute atomic E-state index is 11.8. The number of nitrogens with zero attached hydrogens (tertiary/aromatic N) is 1. The Hall–Kier alpha value is 0.696. The van der Waals surface area contributed by atoms with E-state index in [1.165, 1.54) is 23.3 Å². The van der Waals surface area contributed by atoms with E-state index in [4.69, 9.17) is 12.2 Å². The fourth-order valence-corrected chi connectivity index (χ4v) is 3.65. The van der Waals surface area contributed by atoms with E-state index in [0.29, 0.717) is 4.77 Å². The van der Waals surface area contributed by atoms with Crippen LogP contribution in [0.15, 0.2) is 0 Å². The van der Waals surface area contributed by atoms with Crippen molar-refractivity contribution in [2.24, 2.45) is 0 Å². The molecular formula is C10H9KN2OS2. The Morgan fingerprint density at radius 3 is 2.88 bits per heavy atom. The minimum atomic E-state index is -0.0654. The summed E-state index contributed by atoms with van der Waals surface area (Å²) in [5.41, 5.74) is 1.21. The van der Waals surface area contributed by atoms with Crippen LogP contribution in [0.1, 0.15) is 23.3 Å². The minimum Gasteiger partial charge on any atom is -0.860 e. The predicted octanol–water partition coefficient (Wildman–Crippen LogP) is -0.690. The normalized spacial score (nSPS) is 14.5. The number of aryl methyl sites for hydroxylation is 2. The average molecular weight is 276 g/mol. The summed E-state index contributed by atoms with van der Waals surface area (Å²) in [5.74, 6) is -0.0654. The van der Waals surface area contributed by atoms with Crippen LogP contribution in [0.25, 0.3) is 10.2 Å². The molecule has 3 nitrogen and oxygen atoms in total. The van der Waals surface area contributed by atoms with Gasteiger partial charge < -0.3 is 10.1 Å². The van der Waals surface area contributed by atoms with E-state index >= 15 is 0 Å². The zero-order chi connectivity index (χ0) is 10.4. The van der Waals surface area contributed by atoms with Crippen molar-refractivity contribution in [3.05, 3.63) is 15.2 Å². The van der Waals surface area contributed by atoms with E-state index in [1.54, 1.807) is 11.3 Å². The molecular weight excluding hydrogens is 267 g/mol. The molecule has 2 heterocycles. The Balaban J connectivity index is 0.000000963.